The number of aromatic nitrogens is 1. The molecule has 0 spiro atoms. The van der Waals surface area contributed by atoms with Gasteiger partial charge in [-0.2, -0.15) is 0 Å². The minimum atomic E-state index is 0.187. The Balaban J connectivity index is 1.72. The predicted molar refractivity (Wildman–Crippen MR) is 54.8 cm³/mol. The van der Waals surface area contributed by atoms with Gasteiger partial charge in [0.15, 0.2) is 0 Å². The monoisotopic (exact) mass is 195 g/mol. The van der Waals surface area contributed by atoms with E-state index >= 15 is 0 Å². The van der Waals surface area contributed by atoms with Gasteiger partial charge in [0.05, 0.1) is 13.2 Å². The van der Waals surface area contributed by atoms with Gasteiger partial charge in [0.2, 0.25) is 0 Å². The van der Waals surface area contributed by atoms with Crippen LogP contribution in [0.4, 0.5) is 0 Å². The molecule has 0 amide bonds. The van der Waals surface area contributed by atoms with Gasteiger partial charge in [-0.3, -0.25) is 0 Å². The minimum Gasteiger partial charge on any atom is -0.380 e. The predicted octanol–water partition coefficient (Wildman–Crippen LogP) is 0.0796. The maximum Gasteiger partial charge on any atom is 0.0569 e. The molecular formula is C10H17N3O. The molecule has 4 N–H and O–H groups in total. The molecule has 0 saturated carbocycles. The molecule has 4 nitrogen and oxygen atoms in total. The second-order valence-electron chi connectivity index (χ2n) is 4.00. The summed E-state index contributed by atoms with van der Waals surface area (Å²) >= 11 is 0. The Morgan fingerprint density at radius 3 is 2.93 bits per heavy atom. The molecule has 0 atom stereocenters. The zero-order chi connectivity index (χ0) is 9.86. The molecule has 0 unspecified atom stereocenters. The van der Waals surface area contributed by atoms with E-state index < -0.39 is 0 Å². The van der Waals surface area contributed by atoms with Gasteiger partial charge in [-0.15, -0.1) is 0 Å². The number of hydrogen-bond donors (Lipinski definition) is 3. The van der Waals surface area contributed by atoms with Crippen molar-refractivity contribution in [3.05, 3.63) is 24.0 Å². The average molecular weight is 195 g/mol. The summed E-state index contributed by atoms with van der Waals surface area (Å²) in [6.45, 7) is 4.09. The Morgan fingerprint density at radius 2 is 2.43 bits per heavy atom. The van der Waals surface area contributed by atoms with Gasteiger partial charge in [-0.25, -0.2) is 0 Å². The van der Waals surface area contributed by atoms with Gasteiger partial charge in [0.1, 0.15) is 0 Å². The van der Waals surface area contributed by atoms with Gasteiger partial charge in [0.25, 0.3) is 0 Å². The third-order valence-corrected chi connectivity index (χ3v) is 2.73. The lowest BCUT2D eigenvalue weighted by atomic mass is 9.86. The fraction of sp³-hybridized carbons (Fsp3) is 0.600. The van der Waals surface area contributed by atoms with E-state index in [4.69, 9.17) is 10.5 Å². The van der Waals surface area contributed by atoms with E-state index in [1.165, 1.54) is 5.69 Å². The molecule has 14 heavy (non-hydrogen) atoms. The minimum absolute atomic E-state index is 0.187. The smallest absolute Gasteiger partial charge is 0.0569 e. The van der Waals surface area contributed by atoms with E-state index in [9.17, 15) is 0 Å². The average Bonchev–Trinajstić information content (AvgIpc) is 2.62. The first-order valence-electron chi connectivity index (χ1n) is 4.95. The highest BCUT2D eigenvalue weighted by molar-refractivity contribution is 5.03. The largest absolute Gasteiger partial charge is 0.380 e. The summed E-state index contributed by atoms with van der Waals surface area (Å²) in [7, 11) is 0. The molecule has 1 fully saturated rings. The summed E-state index contributed by atoms with van der Waals surface area (Å²) in [6, 6.07) is 4.07. The normalized spacial score (nSPS) is 19.2. The van der Waals surface area contributed by atoms with Gasteiger partial charge in [-0.1, -0.05) is 0 Å². The van der Waals surface area contributed by atoms with Crippen molar-refractivity contribution >= 4 is 0 Å². The van der Waals surface area contributed by atoms with Crippen LogP contribution in [0.1, 0.15) is 5.69 Å². The Morgan fingerprint density at radius 1 is 1.57 bits per heavy atom. The summed E-state index contributed by atoms with van der Waals surface area (Å²) in [4.78, 5) is 3.15. The first-order valence-corrected chi connectivity index (χ1v) is 4.95. The van der Waals surface area contributed by atoms with E-state index in [0.29, 0.717) is 6.54 Å². The molecule has 1 aliphatic rings. The Bertz CT molecular complexity index is 261. The highest BCUT2D eigenvalue weighted by atomic mass is 16.5. The van der Waals surface area contributed by atoms with Gasteiger partial charge in [0, 0.05) is 36.9 Å². The van der Waals surface area contributed by atoms with Crippen molar-refractivity contribution < 1.29 is 4.74 Å². The molecule has 0 aromatic carbocycles. The summed E-state index contributed by atoms with van der Waals surface area (Å²) in [6.07, 6.45) is 1.93. The van der Waals surface area contributed by atoms with Crippen molar-refractivity contribution in [2.24, 2.45) is 11.1 Å². The van der Waals surface area contributed by atoms with Crippen molar-refractivity contribution in [3.63, 3.8) is 0 Å². The zero-order valence-electron chi connectivity index (χ0n) is 8.25. The maximum absolute atomic E-state index is 5.70. The van der Waals surface area contributed by atoms with Crippen LogP contribution in [0.2, 0.25) is 0 Å². The lowest BCUT2D eigenvalue weighted by Gasteiger charge is -2.40. The van der Waals surface area contributed by atoms with E-state index in [0.717, 1.165) is 26.3 Å². The Hall–Kier alpha value is -0.840. The molecular weight excluding hydrogens is 178 g/mol. The third-order valence-electron chi connectivity index (χ3n) is 2.73. The van der Waals surface area contributed by atoms with Crippen LogP contribution in [0, 0.1) is 5.41 Å². The van der Waals surface area contributed by atoms with Crippen molar-refractivity contribution in [3.8, 4) is 0 Å². The van der Waals surface area contributed by atoms with Gasteiger partial charge in [-0.05, 0) is 12.1 Å². The van der Waals surface area contributed by atoms with Crippen LogP contribution in [0.3, 0.4) is 0 Å². The second-order valence-corrected chi connectivity index (χ2v) is 4.00. The van der Waals surface area contributed by atoms with Crippen LogP contribution in [0.15, 0.2) is 18.3 Å². The second kappa shape index (κ2) is 4.13. The molecule has 1 saturated heterocycles. The SMILES string of the molecule is NCC1(CNCc2ccc[nH]2)COC1. The molecule has 1 aromatic rings. The van der Waals surface area contributed by atoms with Crippen LogP contribution in [-0.4, -0.2) is 31.3 Å². The number of H-pyrrole nitrogens is 1. The standard InChI is InChI=1S/C10H17N3O/c11-5-10(7-14-8-10)6-12-4-9-2-1-3-13-9/h1-3,12-13H,4-8,11H2. The van der Waals surface area contributed by atoms with Crippen molar-refractivity contribution in [2.75, 3.05) is 26.3 Å². The number of hydrogen-bond acceptors (Lipinski definition) is 3. The van der Waals surface area contributed by atoms with Gasteiger partial charge < -0.3 is 20.8 Å². The number of aromatic amines is 1. The molecule has 4 heteroatoms. The number of rotatable bonds is 5. The summed E-state index contributed by atoms with van der Waals surface area (Å²) in [5.74, 6) is 0. The van der Waals surface area contributed by atoms with Crippen molar-refractivity contribution in [1.29, 1.82) is 0 Å². The fourth-order valence-electron chi connectivity index (χ4n) is 1.62. The lowest BCUT2D eigenvalue weighted by molar-refractivity contribution is -0.105. The van der Waals surface area contributed by atoms with E-state index in [1.807, 2.05) is 12.3 Å². The third kappa shape index (κ3) is 1.97. The maximum atomic E-state index is 5.70. The van der Waals surface area contributed by atoms with E-state index in [-0.39, 0.29) is 5.41 Å². The molecule has 2 rings (SSSR count). The Labute approximate surface area is 83.8 Å². The van der Waals surface area contributed by atoms with Gasteiger partial charge >= 0.3 is 0 Å². The van der Waals surface area contributed by atoms with E-state index in [1.54, 1.807) is 0 Å². The summed E-state index contributed by atoms with van der Waals surface area (Å²) in [5, 5.41) is 3.39. The summed E-state index contributed by atoms with van der Waals surface area (Å²) < 4.78 is 5.19. The van der Waals surface area contributed by atoms with Crippen LogP contribution in [0.5, 0.6) is 0 Å². The summed E-state index contributed by atoms with van der Waals surface area (Å²) in [5.41, 5.74) is 7.09. The van der Waals surface area contributed by atoms with Crippen molar-refractivity contribution in [2.45, 2.75) is 6.54 Å². The number of ether oxygens (including phenoxy) is 1. The molecule has 2 heterocycles. The zero-order valence-corrected chi connectivity index (χ0v) is 8.25. The molecule has 0 radical (unpaired) electrons. The highest BCUT2D eigenvalue weighted by Crippen LogP contribution is 2.24. The molecule has 1 aromatic heterocycles. The molecule has 1 aliphatic heterocycles. The quantitative estimate of drug-likeness (QED) is 0.623. The topological polar surface area (TPSA) is 63.1 Å². The Kier molecular flexibility index (Phi) is 2.86. The number of nitrogens with one attached hydrogen (secondary N) is 2. The lowest BCUT2D eigenvalue weighted by Crippen LogP contribution is -2.54. The van der Waals surface area contributed by atoms with E-state index in [2.05, 4.69) is 16.4 Å². The molecule has 0 aliphatic carbocycles. The first-order chi connectivity index (χ1) is 6.85. The fourth-order valence-corrected chi connectivity index (χ4v) is 1.62. The van der Waals surface area contributed by atoms with Crippen LogP contribution < -0.4 is 11.1 Å². The van der Waals surface area contributed by atoms with Crippen LogP contribution in [0.25, 0.3) is 0 Å². The van der Waals surface area contributed by atoms with Crippen molar-refractivity contribution in [1.82, 2.24) is 10.3 Å². The van der Waals surface area contributed by atoms with Crippen LogP contribution in [-0.2, 0) is 11.3 Å². The first kappa shape index (κ1) is 9.71. The highest BCUT2D eigenvalue weighted by Gasteiger charge is 2.36. The molecule has 78 valence electrons. The number of nitrogens with two attached hydrogens (primary N) is 1. The van der Waals surface area contributed by atoms with Crippen LogP contribution >= 0.6 is 0 Å². The molecule has 0 bridgehead atoms.